The van der Waals surface area contributed by atoms with Gasteiger partial charge in [-0.15, -0.1) is 0 Å². The van der Waals surface area contributed by atoms with Gasteiger partial charge in [-0.05, 0) is 35.4 Å². The molecule has 0 saturated carbocycles. The van der Waals surface area contributed by atoms with E-state index >= 15 is 0 Å². The van der Waals surface area contributed by atoms with E-state index in [0.717, 1.165) is 0 Å². The number of carbonyl (C=O) groups is 4. The molecule has 0 unspecified atom stereocenters. The molecule has 0 aliphatic carbocycles. The van der Waals surface area contributed by atoms with E-state index in [1.807, 2.05) is 24.3 Å². The van der Waals surface area contributed by atoms with Gasteiger partial charge in [0.25, 0.3) is 11.8 Å². The minimum absolute atomic E-state index is 0.0175. The van der Waals surface area contributed by atoms with Crippen LogP contribution in [0, 0.1) is 0 Å². The van der Waals surface area contributed by atoms with E-state index in [1.54, 1.807) is 97.1 Å². The smallest absolute Gasteiger partial charge is 0.337 e. The van der Waals surface area contributed by atoms with Crippen molar-refractivity contribution in [1.82, 2.24) is 26.7 Å². The number of hydrogen-bond acceptors (Lipinski definition) is 4. The molecule has 5 rings (SSSR count). The van der Waals surface area contributed by atoms with E-state index < -0.39 is 23.9 Å². The molecule has 1 aromatic heterocycles. The molecule has 0 bridgehead atoms. The number of para-hydroxylation sites is 2. The number of aromatic nitrogens is 1. The predicted molar refractivity (Wildman–Crippen MR) is 164 cm³/mol. The summed E-state index contributed by atoms with van der Waals surface area (Å²) in [4.78, 5) is 54.8. The first-order valence-electron chi connectivity index (χ1n) is 13.2. The summed E-state index contributed by atoms with van der Waals surface area (Å²) >= 11 is 0. The summed E-state index contributed by atoms with van der Waals surface area (Å²) in [5.41, 5.74) is 12.7. The first kappa shape index (κ1) is 28.2. The second-order valence-corrected chi connectivity index (χ2v) is 9.16. The zero-order valence-electron chi connectivity index (χ0n) is 22.7. The topological polar surface area (TPSA) is 156 Å². The van der Waals surface area contributed by atoms with E-state index in [2.05, 4.69) is 37.3 Å². The molecular weight excluding hydrogens is 546 g/mol. The molecule has 0 spiro atoms. The first-order valence-corrected chi connectivity index (χ1v) is 13.2. The minimum Gasteiger partial charge on any atom is -0.345 e. The minimum atomic E-state index is -0.701. The quantitative estimate of drug-likeness (QED) is 0.138. The van der Waals surface area contributed by atoms with E-state index in [-0.39, 0.29) is 11.4 Å². The van der Waals surface area contributed by atoms with Crippen molar-refractivity contribution in [1.29, 1.82) is 0 Å². The number of nitrogens with one attached hydrogen (secondary N) is 7. The van der Waals surface area contributed by atoms with Crippen LogP contribution in [0.3, 0.4) is 0 Å². The van der Waals surface area contributed by atoms with Crippen LogP contribution in [0.2, 0.25) is 0 Å². The second-order valence-electron chi connectivity index (χ2n) is 9.16. The number of amides is 6. The largest absolute Gasteiger partial charge is 0.345 e. The predicted octanol–water partition coefficient (Wildman–Crippen LogP) is 5.28. The summed E-state index contributed by atoms with van der Waals surface area (Å²) in [5, 5.41) is 5.23. The van der Waals surface area contributed by atoms with Gasteiger partial charge in [-0.25, -0.2) is 20.4 Å². The Balaban J connectivity index is 1.44. The van der Waals surface area contributed by atoms with Gasteiger partial charge in [0.15, 0.2) is 0 Å². The molecule has 0 atom stereocenters. The summed E-state index contributed by atoms with van der Waals surface area (Å²) in [6.07, 6.45) is 0. The van der Waals surface area contributed by atoms with Crippen molar-refractivity contribution in [3.63, 3.8) is 0 Å². The van der Waals surface area contributed by atoms with E-state index in [4.69, 9.17) is 0 Å². The van der Waals surface area contributed by atoms with Gasteiger partial charge in [-0.2, -0.15) is 0 Å². The number of hydrazine groups is 2. The van der Waals surface area contributed by atoms with Gasteiger partial charge in [0.1, 0.15) is 11.4 Å². The Morgan fingerprint density at radius 3 is 1.09 bits per heavy atom. The molecule has 0 aliphatic rings. The van der Waals surface area contributed by atoms with Crippen LogP contribution >= 0.6 is 0 Å². The normalized spacial score (nSPS) is 10.2. The summed E-state index contributed by atoms with van der Waals surface area (Å²) in [7, 11) is 0. The molecule has 0 aliphatic heterocycles. The Hall–Kier alpha value is -6.36. The fourth-order valence-electron chi connectivity index (χ4n) is 4.35. The summed E-state index contributed by atoms with van der Waals surface area (Å²) < 4.78 is 0. The third-order valence-electron chi connectivity index (χ3n) is 6.22. The molecule has 7 N–H and O–H groups in total. The lowest BCUT2D eigenvalue weighted by atomic mass is 9.94. The number of benzene rings is 4. The monoisotopic (exact) mass is 573 g/mol. The van der Waals surface area contributed by atoms with Crippen LogP contribution in [-0.4, -0.2) is 28.9 Å². The van der Waals surface area contributed by atoms with E-state index in [9.17, 15) is 19.2 Å². The van der Waals surface area contributed by atoms with Crippen LogP contribution in [0.15, 0.2) is 121 Å². The highest BCUT2D eigenvalue weighted by Crippen LogP contribution is 2.38. The van der Waals surface area contributed by atoms with Gasteiger partial charge in [-0.3, -0.25) is 20.4 Å². The average molecular weight is 574 g/mol. The number of anilines is 2. The highest BCUT2D eigenvalue weighted by Gasteiger charge is 2.28. The highest BCUT2D eigenvalue weighted by molar-refractivity contribution is 6.11. The lowest BCUT2D eigenvalue weighted by molar-refractivity contribution is 0.0931. The van der Waals surface area contributed by atoms with E-state index in [1.165, 1.54) is 0 Å². The maximum Gasteiger partial charge on any atom is 0.337 e. The molecule has 1 heterocycles. The molecule has 6 amide bonds. The molecule has 43 heavy (non-hydrogen) atoms. The van der Waals surface area contributed by atoms with Crippen LogP contribution in [0.4, 0.5) is 21.0 Å². The number of H-pyrrole nitrogens is 1. The second kappa shape index (κ2) is 13.3. The lowest BCUT2D eigenvalue weighted by Crippen LogP contribution is -2.44. The van der Waals surface area contributed by atoms with Gasteiger partial charge in [-0.1, -0.05) is 97.1 Å². The van der Waals surface area contributed by atoms with E-state index in [0.29, 0.717) is 33.6 Å². The molecule has 0 fully saturated rings. The Labute approximate surface area is 246 Å². The fraction of sp³-hybridized carbons (Fsp3) is 0. The van der Waals surface area contributed by atoms with Crippen molar-refractivity contribution < 1.29 is 19.2 Å². The molecule has 0 saturated heterocycles. The summed E-state index contributed by atoms with van der Waals surface area (Å²) in [5.74, 6) is -1.40. The van der Waals surface area contributed by atoms with Gasteiger partial charge in [0.05, 0.1) is 0 Å². The lowest BCUT2D eigenvalue weighted by Gasteiger charge is -2.11. The van der Waals surface area contributed by atoms with Gasteiger partial charge < -0.3 is 15.6 Å². The van der Waals surface area contributed by atoms with Crippen LogP contribution in [0.1, 0.15) is 21.0 Å². The zero-order valence-corrected chi connectivity index (χ0v) is 22.7. The zero-order chi connectivity index (χ0) is 30.0. The first-order chi connectivity index (χ1) is 21.0. The van der Waals surface area contributed by atoms with Crippen LogP contribution in [0.25, 0.3) is 22.3 Å². The molecule has 5 aromatic rings. The molecule has 11 nitrogen and oxygen atoms in total. The summed E-state index contributed by atoms with van der Waals surface area (Å²) in [6.45, 7) is 0. The number of carbonyl (C=O) groups excluding carboxylic acids is 4. The third-order valence-corrected chi connectivity index (χ3v) is 6.22. The Morgan fingerprint density at radius 1 is 0.419 bits per heavy atom. The SMILES string of the molecule is O=C(NNC(=O)c1[nH]c(C(=O)NNC(=O)Nc2ccccc2)c(-c2ccccc2)c1-c1ccccc1)Nc1ccccc1. The maximum atomic E-state index is 13.5. The number of hydrogen-bond donors (Lipinski definition) is 7. The van der Waals surface area contributed by atoms with Crippen molar-refractivity contribution in [3.8, 4) is 22.3 Å². The highest BCUT2D eigenvalue weighted by atomic mass is 16.2. The van der Waals surface area contributed by atoms with Crippen LogP contribution < -0.4 is 32.3 Å². The molecule has 0 radical (unpaired) electrons. The third kappa shape index (κ3) is 7.05. The maximum absolute atomic E-state index is 13.5. The van der Waals surface area contributed by atoms with Gasteiger partial charge in [0, 0.05) is 22.5 Å². The average Bonchev–Trinajstić information content (AvgIpc) is 3.45. The molecule has 4 aromatic carbocycles. The van der Waals surface area contributed by atoms with Crippen molar-refractivity contribution in [2.45, 2.75) is 0 Å². The van der Waals surface area contributed by atoms with Crippen molar-refractivity contribution in [2.75, 3.05) is 10.6 Å². The number of rotatable bonds is 6. The Kier molecular flexibility index (Phi) is 8.74. The van der Waals surface area contributed by atoms with Crippen LogP contribution in [-0.2, 0) is 0 Å². The van der Waals surface area contributed by atoms with Gasteiger partial charge >= 0.3 is 12.1 Å². The number of aromatic amines is 1. The van der Waals surface area contributed by atoms with Gasteiger partial charge in [0.2, 0.25) is 0 Å². The molecule has 214 valence electrons. The van der Waals surface area contributed by atoms with Crippen molar-refractivity contribution in [3.05, 3.63) is 133 Å². The fourth-order valence-corrected chi connectivity index (χ4v) is 4.35. The number of urea groups is 2. The Bertz CT molecular complexity index is 1600. The summed E-state index contributed by atoms with van der Waals surface area (Å²) in [6, 6.07) is 34.2. The van der Waals surface area contributed by atoms with Crippen molar-refractivity contribution in [2.24, 2.45) is 0 Å². The van der Waals surface area contributed by atoms with Crippen molar-refractivity contribution >= 4 is 35.3 Å². The Morgan fingerprint density at radius 2 is 0.744 bits per heavy atom. The molecule has 11 heteroatoms. The molecular formula is C32H27N7O4. The van der Waals surface area contributed by atoms with Crippen LogP contribution in [0.5, 0.6) is 0 Å². The standard InChI is InChI=1S/C32H27N7O4/c40-29(36-38-31(42)33-23-17-9-3-10-18-23)27-25(21-13-5-1-6-14-21)26(22-15-7-2-8-16-22)28(35-27)30(41)37-39-32(43)34-24-19-11-4-12-20-24/h1-20,35H,(H,36,40)(H,37,41)(H2,33,38,42)(H2,34,39,43).